The average Bonchev–Trinajstić information content (AvgIpc) is 2.79. The number of rotatable bonds is 4. The van der Waals surface area contributed by atoms with Crippen molar-refractivity contribution in [3.8, 4) is 5.75 Å². The molecule has 0 unspecified atom stereocenters. The van der Waals surface area contributed by atoms with Crippen molar-refractivity contribution < 1.29 is 18.5 Å². The summed E-state index contributed by atoms with van der Waals surface area (Å²) in [5, 5.41) is 10.4. The number of benzene rings is 1. The molecule has 1 aromatic carbocycles. The molecule has 18 heavy (non-hydrogen) atoms. The first-order valence-corrected chi connectivity index (χ1v) is 5.18. The van der Waals surface area contributed by atoms with Gasteiger partial charge in [0.25, 0.3) is 0 Å². The van der Waals surface area contributed by atoms with Crippen molar-refractivity contribution >= 4 is 5.88 Å². The summed E-state index contributed by atoms with van der Waals surface area (Å²) in [4.78, 5) is 9.78. The monoisotopic (exact) mass is 251 g/mol. The molecule has 2 rings (SSSR count). The van der Waals surface area contributed by atoms with E-state index in [1.165, 1.54) is 24.3 Å². The predicted molar refractivity (Wildman–Crippen MR) is 60.8 cm³/mol. The molecule has 0 N–H and O–H groups in total. The van der Waals surface area contributed by atoms with E-state index in [0.717, 1.165) is 0 Å². The molecule has 94 valence electrons. The molecule has 0 aliphatic carbocycles. The fraction of sp³-hybridized carbons (Fsp3) is 0.167. The molecule has 0 aliphatic rings. The van der Waals surface area contributed by atoms with E-state index >= 15 is 0 Å². The second-order valence-corrected chi connectivity index (χ2v) is 3.70. The van der Waals surface area contributed by atoms with E-state index in [1.807, 2.05) is 0 Å². The second-order valence-electron chi connectivity index (χ2n) is 3.70. The highest BCUT2D eigenvalue weighted by atomic mass is 19.1. The Bertz CT molecular complexity index is 579. The van der Waals surface area contributed by atoms with Crippen LogP contribution in [0.1, 0.15) is 11.3 Å². The van der Waals surface area contributed by atoms with Crippen molar-refractivity contribution in [1.82, 2.24) is 0 Å². The van der Waals surface area contributed by atoms with Crippen LogP contribution < -0.4 is 4.74 Å². The van der Waals surface area contributed by atoms with E-state index in [4.69, 9.17) is 9.15 Å². The summed E-state index contributed by atoms with van der Waals surface area (Å²) in [5.74, 6) is 0.177. The molecular weight excluding hydrogens is 241 g/mol. The van der Waals surface area contributed by atoms with Gasteiger partial charge >= 0.3 is 5.88 Å². The lowest BCUT2D eigenvalue weighted by molar-refractivity contribution is -0.402. The van der Waals surface area contributed by atoms with E-state index < -0.39 is 4.92 Å². The molecular formula is C12H10FNO4. The zero-order chi connectivity index (χ0) is 13.1. The van der Waals surface area contributed by atoms with Gasteiger partial charge in [-0.15, -0.1) is 0 Å². The molecule has 0 spiro atoms. The zero-order valence-corrected chi connectivity index (χ0v) is 9.55. The van der Waals surface area contributed by atoms with Gasteiger partial charge in [-0.3, -0.25) is 10.1 Å². The molecule has 1 aromatic heterocycles. The smallest absolute Gasteiger partial charge is 0.433 e. The Morgan fingerprint density at radius 3 is 2.78 bits per heavy atom. The molecule has 0 fully saturated rings. The molecule has 0 bridgehead atoms. The van der Waals surface area contributed by atoms with Crippen LogP contribution in [0.5, 0.6) is 5.75 Å². The van der Waals surface area contributed by atoms with Crippen LogP contribution in [-0.4, -0.2) is 4.92 Å². The first-order valence-electron chi connectivity index (χ1n) is 5.18. The van der Waals surface area contributed by atoms with Crippen LogP contribution in [-0.2, 0) is 6.61 Å². The highest BCUT2D eigenvalue weighted by Crippen LogP contribution is 2.20. The molecule has 0 amide bonds. The third-order valence-electron chi connectivity index (χ3n) is 2.34. The summed E-state index contributed by atoms with van der Waals surface area (Å²) in [6.07, 6.45) is 0. The first kappa shape index (κ1) is 12.1. The minimum atomic E-state index is -0.620. The third-order valence-corrected chi connectivity index (χ3v) is 2.34. The van der Waals surface area contributed by atoms with E-state index in [0.29, 0.717) is 17.1 Å². The maximum atomic E-state index is 13.0. The summed E-state index contributed by atoms with van der Waals surface area (Å²) < 4.78 is 23.3. The van der Waals surface area contributed by atoms with Crippen molar-refractivity contribution in [1.29, 1.82) is 0 Å². The Morgan fingerprint density at radius 2 is 2.17 bits per heavy atom. The van der Waals surface area contributed by atoms with Gasteiger partial charge in [-0.05, 0) is 36.8 Å². The van der Waals surface area contributed by atoms with Crippen molar-refractivity contribution in [2.24, 2.45) is 0 Å². The molecule has 0 saturated carbocycles. The third kappa shape index (κ3) is 2.65. The summed E-state index contributed by atoms with van der Waals surface area (Å²) in [6, 6.07) is 7.06. The molecule has 2 aromatic rings. The van der Waals surface area contributed by atoms with Gasteiger partial charge < -0.3 is 9.15 Å². The van der Waals surface area contributed by atoms with E-state index in [1.54, 1.807) is 13.0 Å². The lowest BCUT2D eigenvalue weighted by Crippen LogP contribution is -1.95. The van der Waals surface area contributed by atoms with Crippen molar-refractivity contribution in [3.05, 3.63) is 57.6 Å². The topological polar surface area (TPSA) is 65.5 Å². The lowest BCUT2D eigenvalue weighted by Gasteiger charge is -2.05. The number of aryl methyl sites for hydroxylation is 1. The minimum Gasteiger partial charge on any atom is -0.486 e. The molecule has 0 aliphatic heterocycles. The van der Waals surface area contributed by atoms with Crippen molar-refractivity contribution in [2.45, 2.75) is 13.5 Å². The van der Waals surface area contributed by atoms with Crippen LogP contribution >= 0.6 is 0 Å². The number of hydrogen-bond donors (Lipinski definition) is 0. The molecule has 0 radical (unpaired) electrons. The number of hydrogen-bond acceptors (Lipinski definition) is 4. The Hall–Kier alpha value is -2.37. The SMILES string of the molecule is Cc1cc(OCc2ccc([N+](=O)[O-])o2)ccc1F. The van der Waals surface area contributed by atoms with Gasteiger partial charge in [-0.1, -0.05) is 0 Å². The number of furan rings is 1. The summed E-state index contributed by atoms with van der Waals surface area (Å²) >= 11 is 0. The Morgan fingerprint density at radius 1 is 1.39 bits per heavy atom. The van der Waals surface area contributed by atoms with Gasteiger partial charge in [0.05, 0.1) is 6.07 Å². The second kappa shape index (κ2) is 4.87. The number of ether oxygens (including phenoxy) is 1. The van der Waals surface area contributed by atoms with Crippen molar-refractivity contribution in [2.75, 3.05) is 0 Å². The Kier molecular flexibility index (Phi) is 3.27. The lowest BCUT2D eigenvalue weighted by atomic mass is 10.2. The van der Waals surface area contributed by atoms with Crippen LogP contribution in [0, 0.1) is 22.9 Å². The van der Waals surface area contributed by atoms with Gasteiger partial charge in [0.15, 0.2) is 0 Å². The van der Waals surface area contributed by atoms with Gasteiger partial charge in [0, 0.05) is 0 Å². The highest BCUT2D eigenvalue weighted by Gasteiger charge is 2.12. The fourth-order valence-electron chi connectivity index (χ4n) is 1.40. The maximum Gasteiger partial charge on any atom is 0.433 e. The fourth-order valence-corrected chi connectivity index (χ4v) is 1.40. The Labute approximate surface area is 102 Å². The number of halogens is 1. The average molecular weight is 251 g/mol. The molecule has 0 atom stereocenters. The van der Waals surface area contributed by atoms with Crippen LogP contribution in [0.25, 0.3) is 0 Å². The predicted octanol–water partition coefficient (Wildman–Crippen LogP) is 3.21. The maximum absolute atomic E-state index is 13.0. The Balaban J connectivity index is 2.02. The van der Waals surface area contributed by atoms with Gasteiger partial charge in [0.2, 0.25) is 0 Å². The van der Waals surface area contributed by atoms with E-state index in [9.17, 15) is 14.5 Å². The van der Waals surface area contributed by atoms with Crippen LogP contribution in [0.2, 0.25) is 0 Å². The molecule has 6 heteroatoms. The van der Waals surface area contributed by atoms with Gasteiger partial charge in [-0.2, -0.15) is 0 Å². The van der Waals surface area contributed by atoms with Crippen LogP contribution in [0.15, 0.2) is 34.7 Å². The van der Waals surface area contributed by atoms with Crippen LogP contribution in [0.4, 0.5) is 10.3 Å². The first-order chi connectivity index (χ1) is 8.56. The van der Waals surface area contributed by atoms with E-state index in [2.05, 4.69) is 0 Å². The summed E-state index contributed by atoms with van der Waals surface area (Å²) in [6.45, 7) is 1.68. The van der Waals surface area contributed by atoms with Gasteiger partial charge in [-0.25, -0.2) is 4.39 Å². The molecule has 5 nitrogen and oxygen atoms in total. The van der Waals surface area contributed by atoms with Crippen LogP contribution in [0.3, 0.4) is 0 Å². The normalized spacial score (nSPS) is 10.3. The minimum absolute atomic E-state index is 0.0545. The summed E-state index contributed by atoms with van der Waals surface area (Å²) in [7, 11) is 0. The summed E-state index contributed by atoms with van der Waals surface area (Å²) in [5.41, 5.74) is 0.470. The van der Waals surface area contributed by atoms with Gasteiger partial charge in [0.1, 0.15) is 28.9 Å². The quantitative estimate of drug-likeness (QED) is 0.618. The standard InChI is InChI=1S/C12H10FNO4/c1-8-6-9(2-4-11(8)13)17-7-10-3-5-12(18-10)14(15)16/h2-6H,7H2,1H3. The number of nitro groups is 1. The van der Waals surface area contributed by atoms with Crippen molar-refractivity contribution in [3.63, 3.8) is 0 Å². The number of nitrogens with zero attached hydrogens (tertiary/aromatic N) is 1. The largest absolute Gasteiger partial charge is 0.486 e. The highest BCUT2D eigenvalue weighted by molar-refractivity contribution is 5.29. The molecule has 1 heterocycles. The zero-order valence-electron chi connectivity index (χ0n) is 9.55. The molecule has 0 saturated heterocycles. The van der Waals surface area contributed by atoms with E-state index in [-0.39, 0.29) is 18.3 Å².